The minimum atomic E-state index is -0.513. The van der Waals surface area contributed by atoms with Crippen LogP contribution < -0.4 is 0 Å². The zero-order valence-corrected chi connectivity index (χ0v) is 70.4. The number of fused-ring (bicyclic) bond motifs is 5. The van der Waals surface area contributed by atoms with Gasteiger partial charge in [0.15, 0.2) is 0 Å². The van der Waals surface area contributed by atoms with Gasteiger partial charge in [-0.05, 0) is 243 Å². The molecule has 1 aliphatic rings. The molecule has 0 aromatic heterocycles. The fourth-order valence-corrected chi connectivity index (χ4v) is 13.1. The van der Waals surface area contributed by atoms with Gasteiger partial charge in [0.1, 0.15) is 6.10 Å². The predicted molar refractivity (Wildman–Crippen MR) is 460 cm³/mol. The molecule has 0 heterocycles. The summed E-state index contributed by atoms with van der Waals surface area (Å²) in [6, 6.07) is 53.8. The maximum atomic E-state index is 12.7. The molecule has 2 atom stereocenters. The Morgan fingerprint density at radius 1 is 0.297 bits per heavy atom. The van der Waals surface area contributed by atoms with Crippen molar-refractivity contribution in [1.82, 2.24) is 0 Å². The number of hydrogen-bond donors (Lipinski definition) is 0. The Hall–Kier alpha value is -11.8. The van der Waals surface area contributed by atoms with Crippen LogP contribution >= 0.6 is 0 Å². The van der Waals surface area contributed by atoms with Gasteiger partial charge in [0.25, 0.3) is 0 Å². The van der Waals surface area contributed by atoms with Crippen LogP contribution in [-0.4, -0.2) is 125 Å². The lowest BCUT2D eigenvalue weighted by Crippen LogP contribution is -2.22. The first-order valence-electron chi connectivity index (χ1n) is 41.5. The normalized spacial score (nSPS) is 12.1. The van der Waals surface area contributed by atoms with E-state index in [9.17, 15) is 47.9 Å². The van der Waals surface area contributed by atoms with Crippen LogP contribution in [0.5, 0.6) is 0 Å². The first kappa shape index (κ1) is 93.4. The lowest BCUT2D eigenvalue weighted by Gasteiger charge is -2.22. The quantitative estimate of drug-likeness (QED) is 0.0289. The molecule has 20 nitrogen and oxygen atoms in total. The second-order valence-electron chi connectivity index (χ2n) is 28.8. The van der Waals surface area contributed by atoms with E-state index in [4.69, 9.17) is 47.4 Å². The average Bonchev–Trinajstić information content (AvgIpc) is 0.788. The molecule has 1 fully saturated rings. The van der Waals surface area contributed by atoms with Crippen molar-refractivity contribution in [3.8, 4) is 0 Å². The molecule has 0 amide bonds. The van der Waals surface area contributed by atoms with E-state index in [-0.39, 0.29) is 78.4 Å². The molecule has 20 heteroatoms. The molecular formula is C98H114O20. The minimum Gasteiger partial charge on any atom is -0.462 e. The fourth-order valence-electron chi connectivity index (χ4n) is 13.1. The zero-order chi connectivity index (χ0) is 85.5. The maximum absolute atomic E-state index is 12.7. The summed E-state index contributed by atoms with van der Waals surface area (Å²) in [4.78, 5) is 121. The summed E-state index contributed by atoms with van der Waals surface area (Å²) >= 11 is 0. The number of unbranched alkanes of at least 4 members (excludes halogenated alkanes) is 2. The van der Waals surface area contributed by atoms with Gasteiger partial charge < -0.3 is 47.4 Å². The highest BCUT2D eigenvalue weighted by atomic mass is 16.6. The Morgan fingerprint density at radius 2 is 0.593 bits per heavy atom. The lowest BCUT2D eigenvalue weighted by molar-refractivity contribution is 0.0203. The summed E-state index contributed by atoms with van der Waals surface area (Å²) < 4.78 is 52.1. The van der Waals surface area contributed by atoms with Crippen LogP contribution in [0.4, 0.5) is 0 Å². The molecule has 0 radical (unpaired) electrons. The molecule has 0 saturated heterocycles. The minimum absolute atomic E-state index is 0.0484. The van der Waals surface area contributed by atoms with Crippen LogP contribution in [0.2, 0.25) is 0 Å². The summed E-state index contributed by atoms with van der Waals surface area (Å²) in [6.07, 6.45) is 14.0. The van der Waals surface area contributed by atoms with Crippen molar-refractivity contribution < 1.29 is 95.3 Å². The SMILES string of the molecule is CCCCC(CC)COC(=O)c1ccc2cc(C(=O)OCC(CC)CCCC)ccc2c1.CCOC(=O)c1c(C(=O)OC2CCCCC2)ccc2ccccc12.CCOC(=O)c1cc2ccccc2cc1C(=O)OCC.CCOC(=O)c1ccc2cc(C(=O)OCC(C)C)ccc2c1.CCOC(=O)c1ccc2cc(C(=O)OCC)ccc2c1. The molecule has 0 spiro atoms. The third-order valence-corrected chi connectivity index (χ3v) is 19.6. The summed E-state index contributed by atoms with van der Waals surface area (Å²) in [6.45, 7) is 26.3. The third kappa shape index (κ3) is 28.3. The van der Waals surface area contributed by atoms with E-state index in [1.807, 2.05) is 98.8 Å². The zero-order valence-electron chi connectivity index (χ0n) is 70.4. The number of benzene rings is 10. The third-order valence-electron chi connectivity index (χ3n) is 19.6. The van der Waals surface area contributed by atoms with Crippen molar-refractivity contribution in [2.24, 2.45) is 17.8 Å². The standard InChI is InChI=1S/C28H40O4.C20H22O4.C18H20O4.2C16H16O4/c1-5-9-11-21(7-3)19-31-27(29)25-15-13-24-18-26(16-14-23(24)17-25)28(30)32-20-22(8-4)12-10-6-2;1-2-23-20(22)18-16-11-7-6-8-14(16)12-13-17(18)19(21)24-15-9-4-3-5-10-15;1-4-21-17(19)15-7-5-14-10-16(8-6-13(14)9-15)18(20)22-11-12(2)3;1-3-19-15(17)13-7-5-12-10-14(16(18)20-4-2)8-6-11(12)9-13;1-3-19-15(17)13-9-11-7-5-6-8-12(11)10-14(13)16(18)20-4-2/h13-18,21-22H,5-12,19-20H2,1-4H3;6-8,11-13,15H,2-5,9-10H2,1H3;5-10,12H,4,11H2,1-3H3;2*5-10H,3-4H2,1-2H3. The van der Waals surface area contributed by atoms with Crippen molar-refractivity contribution in [3.63, 3.8) is 0 Å². The van der Waals surface area contributed by atoms with Gasteiger partial charge in [0.05, 0.1) is 115 Å². The van der Waals surface area contributed by atoms with Crippen molar-refractivity contribution >= 4 is 114 Å². The molecule has 0 N–H and O–H groups in total. The molecule has 1 saturated carbocycles. The summed E-state index contributed by atoms with van der Waals surface area (Å²) in [7, 11) is 0. The van der Waals surface area contributed by atoms with Crippen LogP contribution in [0.25, 0.3) is 53.9 Å². The Balaban J connectivity index is 0.000000206. The molecule has 1 aliphatic carbocycles. The Kier molecular flexibility index (Phi) is 39.0. The highest BCUT2D eigenvalue weighted by molar-refractivity contribution is 6.13. The van der Waals surface area contributed by atoms with Gasteiger partial charge in [-0.2, -0.15) is 0 Å². The first-order valence-corrected chi connectivity index (χ1v) is 41.5. The molecule has 11 rings (SSSR count). The maximum Gasteiger partial charge on any atom is 0.339 e. The monoisotopic (exact) mass is 1610 g/mol. The molecule has 0 bridgehead atoms. The van der Waals surface area contributed by atoms with E-state index >= 15 is 0 Å². The molecule has 2 unspecified atom stereocenters. The number of carbonyl (C=O) groups excluding carboxylic acids is 10. The van der Waals surface area contributed by atoms with Gasteiger partial charge in [-0.25, -0.2) is 47.9 Å². The Labute approximate surface area is 692 Å². The number of ether oxygens (including phenoxy) is 10. The van der Waals surface area contributed by atoms with Gasteiger partial charge in [-0.15, -0.1) is 0 Å². The largest absolute Gasteiger partial charge is 0.462 e. The lowest BCUT2D eigenvalue weighted by atomic mass is 9.97. The van der Waals surface area contributed by atoms with Crippen molar-refractivity contribution in [2.75, 3.05) is 59.5 Å². The fraction of sp³-hybridized carbons (Fsp3) is 0.388. The van der Waals surface area contributed by atoms with Gasteiger partial charge >= 0.3 is 59.7 Å². The van der Waals surface area contributed by atoms with E-state index in [1.54, 1.807) is 139 Å². The number of hydrogen-bond acceptors (Lipinski definition) is 20. The second kappa shape index (κ2) is 49.3. The molecule has 0 aliphatic heterocycles. The first-order chi connectivity index (χ1) is 57.0. The van der Waals surface area contributed by atoms with Crippen LogP contribution in [0, 0.1) is 17.8 Å². The Morgan fingerprint density at radius 3 is 0.924 bits per heavy atom. The van der Waals surface area contributed by atoms with E-state index in [2.05, 4.69) is 27.7 Å². The predicted octanol–water partition coefficient (Wildman–Crippen LogP) is 22.3. The highest BCUT2D eigenvalue weighted by Crippen LogP contribution is 2.30. The molecule has 10 aromatic rings. The van der Waals surface area contributed by atoms with Crippen LogP contribution in [0.1, 0.15) is 270 Å². The molecule has 118 heavy (non-hydrogen) atoms. The van der Waals surface area contributed by atoms with Crippen molar-refractivity contribution in [1.29, 1.82) is 0 Å². The van der Waals surface area contributed by atoms with Crippen molar-refractivity contribution in [2.45, 2.75) is 173 Å². The van der Waals surface area contributed by atoms with Gasteiger partial charge in [0, 0.05) is 0 Å². The van der Waals surface area contributed by atoms with Gasteiger partial charge in [-0.1, -0.05) is 177 Å². The van der Waals surface area contributed by atoms with Gasteiger partial charge in [-0.3, -0.25) is 0 Å². The van der Waals surface area contributed by atoms with E-state index in [0.717, 1.165) is 126 Å². The molecular weight excluding hydrogens is 1500 g/mol. The van der Waals surface area contributed by atoms with Crippen LogP contribution in [-0.2, 0) is 47.4 Å². The number of esters is 10. The topological polar surface area (TPSA) is 263 Å². The molecule has 626 valence electrons. The average molecular weight is 1610 g/mol. The van der Waals surface area contributed by atoms with E-state index < -0.39 is 23.9 Å². The number of carbonyl (C=O) groups is 10. The van der Waals surface area contributed by atoms with Gasteiger partial charge in [0.2, 0.25) is 0 Å². The van der Waals surface area contributed by atoms with Crippen molar-refractivity contribution in [3.05, 3.63) is 238 Å². The highest BCUT2D eigenvalue weighted by Gasteiger charge is 2.27. The second-order valence-corrected chi connectivity index (χ2v) is 28.8. The van der Waals surface area contributed by atoms with Crippen LogP contribution in [0.3, 0.4) is 0 Å². The summed E-state index contributed by atoms with van der Waals surface area (Å²) in [5.41, 5.74) is 4.18. The van der Waals surface area contributed by atoms with E-state index in [1.165, 1.54) is 6.42 Å². The van der Waals surface area contributed by atoms with Crippen LogP contribution in [0.15, 0.2) is 182 Å². The van der Waals surface area contributed by atoms with E-state index in [0.29, 0.717) is 102 Å². The number of rotatable bonds is 31. The Bertz CT molecular complexity index is 4840. The summed E-state index contributed by atoms with van der Waals surface area (Å²) in [5.74, 6) is -2.74. The summed E-state index contributed by atoms with van der Waals surface area (Å²) in [5, 5.41) is 8.70. The smallest absolute Gasteiger partial charge is 0.339 e. The molecule has 10 aromatic carbocycles.